The van der Waals surface area contributed by atoms with E-state index in [1.165, 1.54) is 89.5 Å². The quantitative estimate of drug-likeness (QED) is 0.419. The molecule has 0 amide bonds. The highest BCUT2D eigenvalue weighted by molar-refractivity contribution is 5.25. The van der Waals surface area contributed by atoms with Crippen molar-refractivity contribution >= 4 is 0 Å². The number of hydrogen-bond acceptors (Lipinski definition) is 0. The molecule has 0 heterocycles. The lowest BCUT2D eigenvalue weighted by molar-refractivity contribution is 0.0300. The first-order valence-corrected chi connectivity index (χ1v) is 11.5. The van der Waals surface area contributed by atoms with Gasteiger partial charge in [0.2, 0.25) is 0 Å². The predicted octanol–water partition coefficient (Wildman–Crippen LogP) is 8.41. The zero-order valence-corrected chi connectivity index (χ0v) is 17.4. The van der Waals surface area contributed by atoms with Crippen molar-refractivity contribution in [1.82, 2.24) is 0 Å². The predicted molar refractivity (Wildman–Crippen MR) is 110 cm³/mol. The summed E-state index contributed by atoms with van der Waals surface area (Å²) >= 11 is 0. The van der Waals surface area contributed by atoms with Crippen molar-refractivity contribution in [3.63, 3.8) is 0 Å². The fourth-order valence-electron chi connectivity index (χ4n) is 6.28. The summed E-state index contributed by atoms with van der Waals surface area (Å²) in [5.74, 6) is 0.987. The normalized spacial score (nSPS) is 26.7. The van der Waals surface area contributed by atoms with Crippen molar-refractivity contribution in [1.29, 1.82) is 0 Å². The lowest BCUT2D eigenvalue weighted by Crippen LogP contribution is -2.40. The molecule has 1 atom stereocenters. The Morgan fingerprint density at radius 3 is 2.33 bits per heavy atom. The molecule has 2 heteroatoms. The fourth-order valence-corrected chi connectivity index (χ4v) is 6.28. The van der Waals surface area contributed by atoms with E-state index in [1.54, 1.807) is 6.07 Å². The van der Waals surface area contributed by atoms with Crippen LogP contribution in [0.15, 0.2) is 18.2 Å². The minimum Gasteiger partial charge on any atom is -0.207 e. The first kappa shape index (κ1) is 20.8. The first-order chi connectivity index (χ1) is 13.1. The van der Waals surface area contributed by atoms with Crippen LogP contribution < -0.4 is 0 Å². The van der Waals surface area contributed by atoms with E-state index in [2.05, 4.69) is 13.8 Å². The van der Waals surface area contributed by atoms with Crippen molar-refractivity contribution in [2.24, 2.45) is 17.3 Å². The molecule has 2 aliphatic rings. The van der Waals surface area contributed by atoms with Gasteiger partial charge in [-0.05, 0) is 60.5 Å². The zero-order valence-electron chi connectivity index (χ0n) is 17.4. The van der Waals surface area contributed by atoms with E-state index in [4.69, 9.17) is 0 Å². The van der Waals surface area contributed by atoms with Crippen molar-refractivity contribution in [2.75, 3.05) is 0 Å². The summed E-state index contributed by atoms with van der Waals surface area (Å²) in [7, 11) is 0. The van der Waals surface area contributed by atoms with Crippen LogP contribution in [0.5, 0.6) is 0 Å². The minimum absolute atomic E-state index is 0.181. The smallest absolute Gasteiger partial charge is 0.129 e. The van der Waals surface area contributed by atoms with Gasteiger partial charge in [0.1, 0.15) is 11.6 Å². The number of rotatable bonds is 7. The maximum Gasteiger partial charge on any atom is 0.129 e. The molecule has 2 fully saturated rings. The third-order valence-corrected chi connectivity index (χ3v) is 7.95. The number of halogens is 2. The Morgan fingerprint density at radius 1 is 1.00 bits per heavy atom. The van der Waals surface area contributed by atoms with E-state index in [9.17, 15) is 8.78 Å². The lowest BCUT2D eigenvalue weighted by atomic mass is 9.54. The SMILES string of the molecule is CCCCCC1CCC(C2(C(C)c3ccc(F)cc3F)CCCCC2)CC1. The monoisotopic (exact) mass is 376 g/mol. The van der Waals surface area contributed by atoms with Crippen LogP contribution >= 0.6 is 0 Å². The van der Waals surface area contributed by atoms with Crippen molar-refractivity contribution in [3.8, 4) is 0 Å². The summed E-state index contributed by atoms with van der Waals surface area (Å²) in [5.41, 5.74) is 0.953. The Hall–Kier alpha value is -0.920. The molecular formula is C25H38F2. The van der Waals surface area contributed by atoms with Crippen molar-refractivity contribution in [3.05, 3.63) is 35.4 Å². The molecule has 0 bridgehead atoms. The van der Waals surface area contributed by atoms with Crippen LogP contribution in [0.3, 0.4) is 0 Å². The fraction of sp³-hybridized carbons (Fsp3) is 0.760. The third-order valence-electron chi connectivity index (χ3n) is 7.95. The van der Waals surface area contributed by atoms with Gasteiger partial charge in [-0.15, -0.1) is 0 Å². The van der Waals surface area contributed by atoms with Gasteiger partial charge in [0.15, 0.2) is 0 Å². The highest BCUT2D eigenvalue weighted by Gasteiger charge is 2.45. The summed E-state index contributed by atoms with van der Waals surface area (Å²) < 4.78 is 28.0. The second kappa shape index (κ2) is 9.52. The van der Waals surface area contributed by atoms with Crippen molar-refractivity contribution in [2.45, 2.75) is 103 Å². The Balaban J connectivity index is 1.73. The molecule has 0 saturated heterocycles. The summed E-state index contributed by atoms with van der Waals surface area (Å²) in [6.07, 6.45) is 17.1. The Kier molecular flexibility index (Phi) is 7.34. The van der Waals surface area contributed by atoms with Gasteiger partial charge < -0.3 is 0 Å². The maximum absolute atomic E-state index is 14.6. The van der Waals surface area contributed by atoms with Crippen LogP contribution in [0.4, 0.5) is 8.78 Å². The van der Waals surface area contributed by atoms with Crippen LogP contribution in [0.2, 0.25) is 0 Å². The molecule has 0 aromatic heterocycles. The second-order valence-electron chi connectivity index (χ2n) is 9.39. The number of unbranched alkanes of at least 4 members (excludes halogenated alkanes) is 2. The van der Waals surface area contributed by atoms with Gasteiger partial charge in [0.25, 0.3) is 0 Å². The maximum atomic E-state index is 14.6. The van der Waals surface area contributed by atoms with Crippen molar-refractivity contribution < 1.29 is 8.78 Å². The molecule has 2 aliphatic carbocycles. The van der Waals surface area contributed by atoms with Gasteiger partial charge >= 0.3 is 0 Å². The number of hydrogen-bond donors (Lipinski definition) is 0. The van der Waals surface area contributed by atoms with E-state index < -0.39 is 5.82 Å². The Morgan fingerprint density at radius 2 is 1.70 bits per heavy atom. The minimum atomic E-state index is -0.464. The van der Waals surface area contributed by atoms with Crippen LogP contribution in [-0.4, -0.2) is 0 Å². The zero-order chi connectivity index (χ0) is 19.3. The summed E-state index contributed by atoms with van der Waals surface area (Å²) in [6, 6.07) is 4.23. The van der Waals surface area contributed by atoms with Gasteiger partial charge in [0, 0.05) is 6.07 Å². The molecule has 1 aromatic rings. The standard InChI is InChI=1S/C25H38F2/c1-3-4-6-9-20-10-12-21(13-11-20)25(16-7-5-8-17-25)19(2)23-15-14-22(26)18-24(23)27/h14-15,18-21H,3-13,16-17H2,1-2H3. The molecule has 0 N–H and O–H groups in total. The van der Waals surface area contributed by atoms with E-state index in [0.717, 1.165) is 17.5 Å². The van der Waals surface area contributed by atoms with Gasteiger partial charge in [-0.1, -0.05) is 77.7 Å². The van der Waals surface area contributed by atoms with Gasteiger partial charge in [-0.2, -0.15) is 0 Å². The molecule has 0 nitrogen and oxygen atoms in total. The number of benzene rings is 1. The van der Waals surface area contributed by atoms with Crippen LogP contribution in [0.1, 0.15) is 109 Å². The first-order valence-electron chi connectivity index (χ1n) is 11.5. The topological polar surface area (TPSA) is 0 Å². The molecule has 27 heavy (non-hydrogen) atoms. The van der Waals surface area contributed by atoms with E-state index in [0.29, 0.717) is 5.92 Å². The van der Waals surface area contributed by atoms with Gasteiger partial charge in [-0.25, -0.2) is 8.78 Å². The van der Waals surface area contributed by atoms with Crippen LogP contribution in [0, 0.1) is 28.9 Å². The molecule has 2 saturated carbocycles. The van der Waals surface area contributed by atoms with Crippen LogP contribution in [-0.2, 0) is 0 Å². The molecule has 3 rings (SSSR count). The highest BCUT2D eigenvalue weighted by Crippen LogP contribution is 2.57. The summed E-state index contributed by atoms with van der Waals surface area (Å²) in [6.45, 7) is 4.49. The van der Waals surface area contributed by atoms with Gasteiger partial charge in [-0.3, -0.25) is 0 Å². The molecule has 0 radical (unpaired) electrons. The van der Waals surface area contributed by atoms with E-state index in [-0.39, 0.29) is 17.2 Å². The summed E-state index contributed by atoms with van der Waals surface area (Å²) in [5, 5.41) is 0. The molecule has 1 unspecified atom stereocenters. The molecule has 0 spiro atoms. The highest BCUT2D eigenvalue weighted by atomic mass is 19.1. The lowest BCUT2D eigenvalue weighted by Gasteiger charge is -2.50. The largest absolute Gasteiger partial charge is 0.207 e. The van der Waals surface area contributed by atoms with E-state index >= 15 is 0 Å². The molecule has 0 aliphatic heterocycles. The summed E-state index contributed by atoms with van der Waals surface area (Å²) in [4.78, 5) is 0. The van der Waals surface area contributed by atoms with E-state index in [1.807, 2.05) is 0 Å². The van der Waals surface area contributed by atoms with Crippen LogP contribution in [0.25, 0.3) is 0 Å². The average Bonchev–Trinajstić information content (AvgIpc) is 2.69. The Bertz CT molecular complexity index is 580. The molecular weight excluding hydrogens is 338 g/mol. The second-order valence-corrected chi connectivity index (χ2v) is 9.39. The van der Waals surface area contributed by atoms with Gasteiger partial charge in [0.05, 0.1) is 0 Å². The molecule has 1 aromatic carbocycles. The average molecular weight is 377 g/mol. The third kappa shape index (κ3) is 4.74. The molecule has 152 valence electrons. The Labute approximate surface area is 165 Å².